The fraction of sp³-hybridized carbons (Fsp3) is 0.409. The van der Waals surface area contributed by atoms with E-state index in [1.54, 1.807) is 12.4 Å². The Balaban J connectivity index is 1.41. The highest BCUT2D eigenvalue weighted by Gasteiger charge is 2.29. The predicted octanol–water partition coefficient (Wildman–Crippen LogP) is 2.61. The monoisotopic (exact) mass is 365 g/mol. The fourth-order valence-electron chi connectivity index (χ4n) is 3.49. The first-order valence-electron chi connectivity index (χ1n) is 9.70. The second-order valence-electron chi connectivity index (χ2n) is 7.06. The van der Waals surface area contributed by atoms with Crippen molar-refractivity contribution in [1.29, 1.82) is 0 Å². The first-order chi connectivity index (χ1) is 13.2. The van der Waals surface area contributed by atoms with Crippen LogP contribution in [0.15, 0.2) is 54.9 Å². The van der Waals surface area contributed by atoms with E-state index in [2.05, 4.69) is 22.4 Å². The van der Waals surface area contributed by atoms with Crippen LogP contribution in [0.2, 0.25) is 0 Å². The van der Waals surface area contributed by atoms with Crippen molar-refractivity contribution in [2.75, 3.05) is 19.6 Å². The summed E-state index contributed by atoms with van der Waals surface area (Å²) in [6, 6.07) is 14.2. The first kappa shape index (κ1) is 19.1. The molecule has 2 amide bonds. The van der Waals surface area contributed by atoms with Crippen molar-refractivity contribution >= 4 is 11.8 Å². The Labute approximate surface area is 160 Å². The van der Waals surface area contributed by atoms with Crippen molar-refractivity contribution in [3.05, 3.63) is 66.0 Å². The maximum Gasteiger partial charge on any atom is 0.224 e. The summed E-state index contributed by atoms with van der Waals surface area (Å²) < 4.78 is 0. The lowest BCUT2D eigenvalue weighted by atomic mass is 9.96. The zero-order valence-electron chi connectivity index (χ0n) is 15.6. The molecule has 0 saturated carbocycles. The van der Waals surface area contributed by atoms with Gasteiger partial charge in [0, 0.05) is 38.4 Å². The molecule has 0 bridgehead atoms. The number of benzene rings is 1. The normalized spacial score (nSPS) is 17.0. The highest BCUT2D eigenvalue weighted by atomic mass is 16.2. The molecule has 1 atom stereocenters. The summed E-state index contributed by atoms with van der Waals surface area (Å²) in [5.74, 6) is 0.130. The molecule has 1 fully saturated rings. The number of amides is 2. The van der Waals surface area contributed by atoms with Crippen LogP contribution in [0.25, 0.3) is 0 Å². The number of hydrogen-bond donors (Lipinski definition) is 1. The molecule has 1 aliphatic heterocycles. The quantitative estimate of drug-likeness (QED) is 0.782. The average molecular weight is 365 g/mol. The molecule has 0 aliphatic carbocycles. The van der Waals surface area contributed by atoms with E-state index in [1.807, 2.05) is 35.2 Å². The third kappa shape index (κ3) is 5.91. The molecule has 2 heterocycles. The first-order valence-corrected chi connectivity index (χ1v) is 9.70. The second kappa shape index (κ2) is 9.86. The van der Waals surface area contributed by atoms with Crippen molar-refractivity contribution < 1.29 is 9.59 Å². The van der Waals surface area contributed by atoms with Crippen LogP contribution in [0, 0.1) is 5.92 Å². The van der Waals surface area contributed by atoms with Crippen LogP contribution in [0.4, 0.5) is 0 Å². The molecular formula is C22H27N3O2. The predicted molar refractivity (Wildman–Crippen MR) is 105 cm³/mol. The van der Waals surface area contributed by atoms with Gasteiger partial charge in [-0.05, 0) is 48.9 Å². The molecule has 3 rings (SSSR count). The zero-order valence-corrected chi connectivity index (χ0v) is 15.6. The van der Waals surface area contributed by atoms with Crippen molar-refractivity contribution in [2.45, 2.75) is 32.1 Å². The average Bonchev–Trinajstić information content (AvgIpc) is 2.71. The van der Waals surface area contributed by atoms with Gasteiger partial charge in [0.25, 0.3) is 0 Å². The number of hydrogen-bond acceptors (Lipinski definition) is 3. The Morgan fingerprint density at radius 2 is 1.81 bits per heavy atom. The third-order valence-corrected chi connectivity index (χ3v) is 5.07. The molecule has 142 valence electrons. The number of nitrogens with one attached hydrogen (secondary N) is 1. The van der Waals surface area contributed by atoms with Gasteiger partial charge in [-0.15, -0.1) is 0 Å². The van der Waals surface area contributed by atoms with Crippen LogP contribution < -0.4 is 5.32 Å². The molecule has 0 spiro atoms. The summed E-state index contributed by atoms with van der Waals surface area (Å²) in [7, 11) is 0. The van der Waals surface area contributed by atoms with Gasteiger partial charge in [-0.2, -0.15) is 0 Å². The van der Waals surface area contributed by atoms with E-state index in [4.69, 9.17) is 0 Å². The Morgan fingerprint density at radius 1 is 1.07 bits per heavy atom. The number of rotatable bonds is 8. The van der Waals surface area contributed by atoms with Gasteiger partial charge >= 0.3 is 0 Å². The van der Waals surface area contributed by atoms with Gasteiger partial charge in [-0.1, -0.05) is 30.3 Å². The number of aryl methyl sites for hydroxylation is 1. The van der Waals surface area contributed by atoms with Crippen LogP contribution in [0.5, 0.6) is 0 Å². The molecular weight excluding hydrogens is 338 g/mol. The van der Waals surface area contributed by atoms with Gasteiger partial charge in [0.2, 0.25) is 11.8 Å². The van der Waals surface area contributed by atoms with Crippen LogP contribution in [-0.2, 0) is 22.4 Å². The summed E-state index contributed by atoms with van der Waals surface area (Å²) in [5, 5.41) is 3.02. The standard InChI is InChI=1S/C22H27N3O2/c26-21-9-8-20(22(27)24-15-12-19-10-13-23-14-11-19)17-25(21)16-4-7-18-5-2-1-3-6-18/h1-3,5-6,10-11,13-14,20H,4,7-9,12,15-17H2,(H,24,27)/t20-/m0/s1. The number of carbonyl (C=O) groups is 2. The minimum atomic E-state index is -0.100. The van der Waals surface area contributed by atoms with Crippen LogP contribution in [0.1, 0.15) is 30.4 Å². The number of likely N-dealkylation sites (tertiary alicyclic amines) is 1. The summed E-state index contributed by atoms with van der Waals surface area (Å²) >= 11 is 0. The molecule has 5 heteroatoms. The Morgan fingerprint density at radius 3 is 2.59 bits per heavy atom. The molecule has 1 aromatic heterocycles. The minimum absolute atomic E-state index is 0.0598. The topological polar surface area (TPSA) is 62.3 Å². The minimum Gasteiger partial charge on any atom is -0.355 e. The number of carbonyl (C=O) groups excluding carboxylic acids is 2. The van der Waals surface area contributed by atoms with E-state index in [9.17, 15) is 9.59 Å². The Bertz CT molecular complexity index is 734. The summed E-state index contributed by atoms with van der Waals surface area (Å²) in [6.07, 6.45) is 7.30. The molecule has 0 unspecified atom stereocenters. The largest absolute Gasteiger partial charge is 0.355 e. The van der Waals surface area contributed by atoms with Crippen LogP contribution in [-0.4, -0.2) is 41.3 Å². The molecule has 27 heavy (non-hydrogen) atoms. The van der Waals surface area contributed by atoms with E-state index >= 15 is 0 Å². The molecule has 1 saturated heterocycles. The molecule has 2 aromatic rings. The van der Waals surface area contributed by atoms with Crippen molar-refractivity contribution in [2.24, 2.45) is 5.92 Å². The summed E-state index contributed by atoms with van der Waals surface area (Å²) in [6.45, 7) is 1.87. The molecule has 0 radical (unpaired) electrons. The van der Waals surface area contributed by atoms with E-state index < -0.39 is 0 Å². The fourth-order valence-corrected chi connectivity index (χ4v) is 3.49. The van der Waals surface area contributed by atoms with E-state index in [0.29, 0.717) is 32.5 Å². The van der Waals surface area contributed by atoms with E-state index in [0.717, 1.165) is 24.8 Å². The lowest BCUT2D eigenvalue weighted by molar-refractivity contribution is -0.138. The number of pyridine rings is 1. The Hall–Kier alpha value is -2.69. The summed E-state index contributed by atoms with van der Waals surface area (Å²) in [4.78, 5) is 30.5. The lowest BCUT2D eigenvalue weighted by Gasteiger charge is -2.32. The van der Waals surface area contributed by atoms with Gasteiger partial charge in [-0.25, -0.2) is 0 Å². The van der Waals surface area contributed by atoms with Crippen LogP contribution >= 0.6 is 0 Å². The molecule has 1 N–H and O–H groups in total. The van der Waals surface area contributed by atoms with Gasteiger partial charge < -0.3 is 10.2 Å². The van der Waals surface area contributed by atoms with E-state index in [-0.39, 0.29) is 17.7 Å². The number of nitrogens with zero attached hydrogens (tertiary/aromatic N) is 2. The summed E-state index contributed by atoms with van der Waals surface area (Å²) in [5.41, 5.74) is 2.44. The highest BCUT2D eigenvalue weighted by Crippen LogP contribution is 2.18. The smallest absolute Gasteiger partial charge is 0.224 e. The number of piperidine rings is 1. The van der Waals surface area contributed by atoms with Gasteiger partial charge in [0.15, 0.2) is 0 Å². The van der Waals surface area contributed by atoms with Gasteiger partial charge in [0.1, 0.15) is 0 Å². The zero-order chi connectivity index (χ0) is 18.9. The third-order valence-electron chi connectivity index (χ3n) is 5.07. The van der Waals surface area contributed by atoms with E-state index in [1.165, 1.54) is 5.56 Å². The van der Waals surface area contributed by atoms with Crippen LogP contribution in [0.3, 0.4) is 0 Å². The maximum atomic E-state index is 12.5. The van der Waals surface area contributed by atoms with Crippen molar-refractivity contribution in [3.63, 3.8) is 0 Å². The lowest BCUT2D eigenvalue weighted by Crippen LogP contribution is -2.46. The molecule has 1 aromatic carbocycles. The highest BCUT2D eigenvalue weighted by molar-refractivity contribution is 5.83. The van der Waals surface area contributed by atoms with Crippen molar-refractivity contribution in [1.82, 2.24) is 15.2 Å². The van der Waals surface area contributed by atoms with Crippen molar-refractivity contribution in [3.8, 4) is 0 Å². The SMILES string of the molecule is O=C(NCCc1ccncc1)[C@H]1CCC(=O)N(CCCc2ccccc2)C1. The van der Waals surface area contributed by atoms with Gasteiger partial charge in [0.05, 0.1) is 5.92 Å². The number of aromatic nitrogens is 1. The molecule has 1 aliphatic rings. The van der Waals surface area contributed by atoms with Gasteiger partial charge in [-0.3, -0.25) is 14.6 Å². The second-order valence-corrected chi connectivity index (χ2v) is 7.06. The Kier molecular flexibility index (Phi) is 6.97. The maximum absolute atomic E-state index is 12.5. The molecule has 5 nitrogen and oxygen atoms in total.